The minimum atomic E-state index is -4.22. The van der Waals surface area contributed by atoms with Crippen molar-refractivity contribution in [3.8, 4) is 11.5 Å². The minimum absolute atomic E-state index is 0.0436. The number of nitrogens with one attached hydrogen (secondary N) is 1. The third-order valence-electron chi connectivity index (χ3n) is 5.43. The van der Waals surface area contributed by atoms with E-state index in [1.165, 1.54) is 36.4 Å². The SMILES string of the molecule is O=C(CN(c1cccc(F)c1)S(=O)(=O)c1ccc2c(c1)OCCO2)NCCCSCc1cccc(Cl)c1. The highest BCUT2D eigenvalue weighted by molar-refractivity contribution is 7.98. The number of benzene rings is 3. The van der Waals surface area contributed by atoms with Gasteiger partial charge in [-0.3, -0.25) is 9.10 Å². The molecule has 0 spiro atoms. The number of fused-ring (bicyclic) bond motifs is 1. The molecule has 3 aromatic rings. The molecule has 196 valence electrons. The van der Waals surface area contributed by atoms with Crippen molar-refractivity contribution in [3.63, 3.8) is 0 Å². The third-order valence-corrected chi connectivity index (χ3v) is 8.55. The molecule has 11 heteroatoms. The average Bonchev–Trinajstić information content (AvgIpc) is 2.89. The molecular weight excluding hydrogens is 539 g/mol. The topological polar surface area (TPSA) is 84.9 Å². The molecule has 0 atom stereocenters. The van der Waals surface area contributed by atoms with Crippen LogP contribution >= 0.6 is 23.4 Å². The van der Waals surface area contributed by atoms with E-state index in [9.17, 15) is 17.6 Å². The maximum absolute atomic E-state index is 14.0. The second-order valence-electron chi connectivity index (χ2n) is 8.18. The number of rotatable bonds is 11. The van der Waals surface area contributed by atoms with E-state index in [4.69, 9.17) is 21.1 Å². The lowest BCUT2D eigenvalue weighted by Crippen LogP contribution is -2.41. The number of halogens is 2. The van der Waals surface area contributed by atoms with Crippen LogP contribution in [0.2, 0.25) is 5.02 Å². The highest BCUT2D eigenvalue weighted by Gasteiger charge is 2.29. The normalized spacial score (nSPS) is 12.7. The summed E-state index contributed by atoms with van der Waals surface area (Å²) in [6.45, 7) is 0.538. The van der Waals surface area contributed by atoms with Crippen molar-refractivity contribution >= 4 is 45.0 Å². The molecule has 1 heterocycles. The van der Waals surface area contributed by atoms with Crippen LogP contribution in [-0.2, 0) is 20.6 Å². The molecule has 1 amide bonds. The molecule has 0 fully saturated rings. The van der Waals surface area contributed by atoms with Gasteiger partial charge in [-0.2, -0.15) is 11.8 Å². The van der Waals surface area contributed by atoms with Crippen molar-refractivity contribution in [1.29, 1.82) is 0 Å². The summed E-state index contributed by atoms with van der Waals surface area (Å²) >= 11 is 7.71. The fourth-order valence-corrected chi connectivity index (χ4v) is 6.21. The molecule has 3 aromatic carbocycles. The molecule has 4 rings (SSSR count). The monoisotopic (exact) mass is 564 g/mol. The van der Waals surface area contributed by atoms with E-state index in [1.807, 2.05) is 24.3 Å². The number of sulfonamides is 1. The molecule has 0 saturated carbocycles. The largest absolute Gasteiger partial charge is 0.486 e. The van der Waals surface area contributed by atoms with Crippen LogP contribution < -0.4 is 19.1 Å². The molecule has 1 aliphatic rings. The van der Waals surface area contributed by atoms with E-state index < -0.39 is 28.3 Å². The summed E-state index contributed by atoms with van der Waals surface area (Å²) in [5.41, 5.74) is 1.17. The highest BCUT2D eigenvalue weighted by atomic mass is 35.5. The zero-order valence-corrected chi connectivity index (χ0v) is 22.3. The van der Waals surface area contributed by atoms with Crippen LogP contribution in [0.4, 0.5) is 10.1 Å². The lowest BCUT2D eigenvalue weighted by molar-refractivity contribution is -0.119. The highest BCUT2D eigenvalue weighted by Crippen LogP contribution is 2.34. The first kappa shape index (κ1) is 27.1. The van der Waals surface area contributed by atoms with Crippen LogP contribution in [0, 0.1) is 5.82 Å². The van der Waals surface area contributed by atoms with Gasteiger partial charge in [-0.1, -0.05) is 29.8 Å². The van der Waals surface area contributed by atoms with Crippen molar-refractivity contribution < 1.29 is 27.1 Å². The summed E-state index contributed by atoms with van der Waals surface area (Å²) in [6, 6.07) is 17.0. The molecule has 1 N–H and O–H groups in total. The summed E-state index contributed by atoms with van der Waals surface area (Å²) in [7, 11) is -4.22. The first-order chi connectivity index (χ1) is 17.8. The average molecular weight is 565 g/mol. The second kappa shape index (κ2) is 12.5. The van der Waals surface area contributed by atoms with Gasteiger partial charge in [0.2, 0.25) is 5.91 Å². The fourth-order valence-electron chi connectivity index (χ4n) is 3.66. The predicted octanol–water partition coefficient (Wildman–Crippen LogP) is 4.89. The number of amides is 1. The minimum Gasteiger partial charge on any atom is -0.486 e. The van der Waals surface area contributed by atoms with Gasteiger partial charge in [0.15, 0.2) is 11.5 Å². The molecule has 0 radical (unpaired) electrons. The lowest BCUT2D eigenvalue weighted by atomic mass is 10.2. The van der Waals surface area contributed by atoms with Crippen molar-refractivity contribution in [1.82, 2.24) is 5.32 Å². The molecule has 37 heavy (non-hydrogen) atoms. The van der Waals surface area contributed by atoms with Crippen LogP contribution in [-0.4, -0.2) is 46.4 Å². The van der Waals surface area contributed by atoms with Crippen LogP contribution in [0.25, 0.3) is 0 Å². The van der Waals surface area contributed by atoms with Crippen molar-refractivity contribution in [3.05, 3.63) is 83.1 Å². The van der Waals surface area contributed by atoms with Crippen LogP contribution in [0.3, 0.4) is 0 Å². The zero-order chi connectivity index (χ0) is 26.3. The summed E-state index contributed by atoms with van der Waals surface area (Å²) < 4.78 is 53.0. The Hall–Kier alpha value is -2.95. The summed E-state index contributed by atoms with van der Waals surface area (Å²) in [4.78, 5) is 12.6. The Labute approximate surface area is 225 Å². The van der Waals surface area contributed by atoms with Gasteiger partial charge in [0.25, 0.3) is 10.0 Å². The van der Waals surface area contributed by atoms with Gasteiger partial charge in [0.1, 0.15) is 25.6 Å². The Bertz CT molecular complexity index is 1360. The molecular formula is C26H26ClFN2O5S2. The maximum Gasteiger partial charge on any atom is 0.264 e. The zero-order valence-electron chi connectivity index (χ0n) is 19.9. The van der Waals surface area contributed by atoms with Gasteiger partial charge in [0, 0.05) is 23.4 Å². The number of carbonyl (C=O) groups is 1. The van der Waals surface area contributed by atoms with Gasteiger partial charge < -0.3 is 14.8 Å². The maximum atomic E-state index is 14.0. The standard InChI is InChI=1S/C26H26ClFN2O5S2/c27-20-5-1-4-19(14-20)18-36-13-3-10-29-26(31)17-30(22-7-2-6-21(28)15-22)37(32,33)23-8-9-24-25(16-23)35-12-11-34-24/h1-2,4-9,14-16H,3,10-13,17-18H2,(H,29,31). The fraction of sp³-hybridized carbons (Fsp3) is 0.269. The van der Waals surface area contributed by atoms with E-state index in [0.717, 1.165) is 27.4 Å². The van der Waals surface area contributed by atoms with Gasteiger partial charge in [-0.25, -0.2) is 12.8 Å². The Kier molecular flexibility index (Phi) is 9.18. The van der Waals surface area contributed by atoms with Crippen molar-refractivity contribution in [2.75, 3.05) is 36.4 Å². The smallest absolute Gasteiger partial charge is 0.264 e. The predicted molar refractivity (Wildman–Crippen MR) is 144 cm³/mol. The van der Waals surface area contributed by atoms with Gasteiger partial charge in [-0.05, 0) is 60.2 Å². The third kappa shape index (κ3) is 7.30. The van der Waals surface area contributed by atoms with Crippen LogP contribution in [0.15, 0.2) is 71.6 Å². The van der Waals surface area contributed by atoms with Crippen LogP contribution in [0.1, 0.15) is 12.0 Å². The van der Waals surface area contributed by atoms with Gasteiger partial charge in [-0.15, -0.1) is 0 Å². The quantitative estimate of drug-likeness (QED) is 0.334. The van der Waals surface area contributed by atoms with E-state index in [1.54, 1.807) is 11.8 Å². The molecule has 0 aromatic heterocycles. The summed E-state index contributed by atoms with van der Waals surface area (Å²) in [5, 5.41) is 3.45. The molecule has 0 bridgehead atoms. The van der Waals surface area contributed by atoms with E-state index in [0.29, 0.717) is 42.7 Å². The summed E-state index contributed by atoms with van der Waals surface area (Å²) in [5.74, 6) is 1.23. The number of thioether (sulfide) groups is 1. The van der Waals surface area contributed by atoms with Crippen LogP contribution in [0.5, 0.6) is 11.5 Å². The molecule has 7 nitrogen and oxygen atoms in total. The Morgan fingerprint density at radius 1 is 1.03 bits per heavy atom. The number of carbonyl (C=O) groups excluding carboxylic acids is 1. The molecule has 1 aliphatic heterocycles. The summed E-state index contributed by atoms with van der Waals surface area (Å²) in [6.07, 6.45) is 0.700. The lowest BCUT2D eigenvalue weighted by Gasteiger charge is -2.25. The molecule has 0 saturated heterocycles. The van der Waals surface area contributed by atoms with Crippen molar-refractivity contribution in [2.45, 2.75) is 17.1 Å². The van der Waals surface area contributed by atoms with E-state index in [2.05, 4.69) is 5.32 Å². The Morgan fingerprint density at radius 3 is 2.59 bits per heavy atom. The van der Waals surface area contributed by atoms with Gasteiger partial charge in [0.05, 0.1) is 10.6 Å². The first-order valence-corrected chi connectivity index (χ1v) is 14.6. The second-order valence-corrected chi connectivity index (χ2v) is 11.6. The van der Waals surface area contributed by atoms with Crippen molar-refractivity contribution in [2.24, 2.45) is 0 Å². The Balaban J connectivity index is 1.39. The van der Waals surface area contributed by atoms with Gasteiger partial charge >= 0.3 is 0 Å². The van der Waals surface area contributed by atoms with E-state index in [-0.39, 0.29) is 10.6 Å². The molecule has 0 unspecified atom stereocenters. The molecule has 0 aliphatic carbocycles. The number of hydrogen-bond acceptors (Lipinski definition) is 6. The first-order valence-electron chi connectivity index (χ1n) is 11.6. The van der Waals surface area contributed by atoms with E-state index >= 15 is 0 Å². The Morgan fingerprint density at radius 2 is 1.81 bits per heavy atom. The number of anilines is 1. The number of ether oxygens (including phenoxy) is 2. The number of nitrogens with zero attached hydrogens (tertiary/aromatic N) is 1. The number of hydrogen-bond donors (Lipinski definition) is 1.